The number of nitrogens with zero attached hydrogens (tertiary/aromatic N) is 1. The highest BCUT2D eigenvalue weighted by molar-refractivity contribution is 9.11. The van der Waals surface area contributed by atoms with Gasteiger partial charge in [-0.3, -0.25) is 10.1 Å². The van der Waals surface area contributed by atoms with Crippen molar-refractivity contribution in [1.82, 2.24) is 0 Å². The zero-order valence-electron chi connectivity index (χ0n) is 6.86. The Kier molecular flexibility index (Phi) is 2.16. The Balaban J connectivity index is 2.87. The van der Waals surface area contributed by atoms with Gasteiger partial charge in [0.25, 0.3) is 5.69 Å². The standard InChI is InChI=1S/C8H5BrN2O2S/c9-7-3-4-5(10)1-2-6(11(12)13)8(4)14-7/h1-3H,10H2. The van der Waals surface area contributed by atoms with Crippen molar-refractivity contribution < 1.29 is 4.92 Å². The molecule has 1 aromatic heterocycles. The largest absolute Gasteiger partial charge is 0.398 e. The molecule has 1 aromatic carbocycles. The predicted molar refractivity (Wildman–Crippen MR) is 60.6 cm³/mol. The summed E-state index contributed by atoms with van der Waals surface area (Å²) >= 11 is 4.60. The van der Waals surface area contributed by atoms with Crippen molar-refractivity contribution >= 4 is 48.7 Å². The molecule has 0 saturated carbocycles. The molecule has 0 aliphatic carbocycles. The average Bonchev–Trinajstić information content (AvgIpc) is 2.47. The topological polar surface area (TPSA) is 69.2 Å². The lowest BCUT2D eigenvalue weighted by Crippen LogP contribution is -1.90. The Morgan fingerprint density at radius 2 is 2.21 bits per heavy atom. The number of halogens is 1. The zero-order chi connectivity index (χ0) is 10.3. The number of nitro benzene ring substituents is 1. The van der Waals surface area contributed by atoms with Crippen LogP contribution >= 0.6 is 27.3 Å². The van der Waals surface area contributed by atoms with Gasteiger partial charge in [0, 0.05) is 17.1 Å². The molecule has 0 spiro atoms. The number of nitro groups is 1. The number of thiophene rings is 1. The van der Waals surface area contributed by atoms with Gasteiger partial charge in [0.2, 0.25) is 0 Å². The van der Waals surface area contributed by atoms with Crippen molar-refractivity contribution in [1.29, 1.82) is 0 Å². The number of non-ortho nitro benzene ring substituents is 1. The molecule has 0 saturated heterocycles. The Labute approximate surface area is 91.6 Å². The molecule has 14 heavy (non-hydrogen) atoms. The third kappa shape index (κ3) is 1.36. The highest BCUT2D eigenvalue weighted by atomic mass is 79.9. The summed E-state index contributed by atoms with van der Waals surface area (Å²) in [6, 6.07) is 4.78. The van der Waals surface area contributed by atoms with Crippen molar-refractivity contribution in [2.24, 2.45) is 0 Å². The van der Waals surface area contributed by atoms with Crippen molar-refractivity contribution in [2.75, 3.05) is 5.73 Å². The summed E-state index contributed by atoms with van der Waals surface area (Å²) in [6.45, 7) is 0. The number of rotatable bonds is 1. The predicted octanol–water partition coefficient (Wildman–Crippen LogP) is 3.15. The fourth-order valence-corrected chi connectivity index (χ4v) is 2.86. The SMILES string of the molecule is Nc1ccc([N+](=O)[O-])c2sc(Br)cc12. The minimum absolute atomic E-state index is 0.102. The minimum Gasteiger partial charge on any atom is -0.398 e. The van der Waals surface area contributed by atoms with E-state index in [-0.39, 0.29) is 5.69 Å². The Bertz CT molecular complexity index is 523. The molecule has 0 aliphatic rings. The summed E-state index contributed by atoms with van der Waals surface area (Å²) in [6.07, 6.45) is 0. The van der Waals surface area contributed by atoms with E-state index < -0.39 is 4.92 Å². The van der Waals surface area contributed by atoms with Crippen LogP contribution in [-0.2, 0) is 0 Å². The van der Waals surface area contributed by atoms with E-state index in [2.05, 4.69) is 15.9 Å². The first-order valence-corrected chi connectivity index (χ1v) is 5.32. The lowest BCUT2D eigenvalue weighted by Gasteiger charge is -1.96. The van der Waals surface area contributed by atoms with Gasteiger partial charge in [-0.15, -0.1) is 11.3 Å². The van der Waals surface area contributed by atoms with E-state index in [9.17, 15) is 10.1 Å². The van der Waals surface area contributed by atoms with Crippen LogP contribution in [0.15, 0.2) is 22.0 Å². The lowest BCUT2D eigenvalue weighted by atomic mass is 10.2. The quantitative estimate of drug-likeness (QED) is 0.493. The first kappa shape index (κ1) is 9.42. The molecule has 2 rings (SSSR count). The van der Waals surface area contributed by atoms with Crippen LogP contribution in [0.4, 0.5) is 11.4 Å². The van der Waals surface area contributed by atoms with E-state index in [1.807, 2.05) is 0 Å². The van der Waals surface area contributed by atoms with Gasteiger partial charge in [0.1, 0.15) is 4.70 Å². The maximum Gasteiger partial charge on any atom is 0.287 e. The molecule has 6 heteroatoms. The van der Waals surface area contributed by atoms with E-state index in [0.717, 1.165) is 9.17 Å². The molecule has 2 aromatic rings. The van der Waals surface area contributed by atoms with Gasteiger partial charge in [-0.1, -0.05) is 0 Å². The fourth-order valence-electron chi connectivity index (χ4n) is 1.24. The second-order valence-electron chi connectivity index (χ2n) is 2.72. The molecule has 0 radical (unpaired) electrons. The van der Waals surface area contributed by atoms with Crippen molar-refractivity contribution in [3.63, 3.8) is 0 Å². The van der Waals surface area contributed by atoms with Gasteiger partial charge in [0.05, 0.1) is 8.71 Å². The Morgan fingerprint density at radius 3 is 2.86 bits per heavy atom. The summed E-state index contributed by atoms with van der Waals surface area (Å²) in [5, 5.41) is 11.4. The number of anilines is 1. The van der Waals surface area contributed by atoms with E-state index in [1.165, 1.54) is 17.4 Å². The molecular weight excluding hydrogens is 268 g/mol. The molecule has 1 heterocycles. The summed E-state index contributed by atoms with van der Waals surface area (Å²) in [7, 11) is 0. The summed E-state index contributed by atoms with van der Waals surface area (Å²) < 4.78 is 1.45. The van der Waals surface area contributed by atoms with Crippen LogP contribution in [0.2, 0.25) is 0 Å². The van der Waals surface area contributed by atoms with Gasteiger partial charge in [-0.2, -0.15) is 0 Å². The molecule has 4 nitrogen and oxygen atoms in total. The maximum atomic E-state index is 10.7. The van der Waals surface area contributed by atoms with E-state index in [0.29, 0.717) is 10.4 Å². The van der Waals surface area contributed by atoms with Crippen LogP contribution in [0, 0.1) is 10.1 Å². The van der Waals surface area contributed by atoms with Gasteiger partial charge in [-0.05, 0) is 28.1 Å². The third-order valence-corrected chi connectivity index (χ3v) is 3.52. The van der Waals surface area contributed by atoms with Gasteiger partial charge < -0.3 is 5.73 Å². The minimum atomic E-state index is -0.398. The van der Waals surface area contributed by atoms with E-state index in [1.54, 1.807) is 12.1 Å². The van der Waals surface area contributed by atoms with Crippen molar-refractivity contribution in [3.05, 3.63) is 32.1 Å². The summed E-state index contributed by atoms with van der Waals surface area (Å²) in [4.78, 5) is 10.3. The zero-order valence-corrected chi connectivity index (χ0v) is 9.26. The second kappa shape index (κ2) is 3.21. The number of hydrogen-bond donors (Lipinski definition) is 1. The molecular formula is C8H5BrN2O2S. The summed E-state index contributed by atoms with van der Waals surface area (Å²) in [5.74, 6) is 0. The van der Waals surface area contributed by atoms with E-state index in [4.69, 9.17) is 5.73 Å². The van der Waals surface area contributed by atoms with Crippen LogP contribution in [0.25, 0.3) is 10.1 Å². The maximum absolute atomic E-state index is 10.7. The van der Waals surface area contributed by atoms with Crippen molar-refractivity contribution in [3.8, 4) is 0 Å². The molecule has 0 unspecified atom stereocenters. The Morgan fingerprint density at radius 1 is 1.50 bits per heavy atom. The van der Waals surface area contributed by atoms with Gasteiger partial charge >= 0.3 is 0 Å². The number of nitrogens with two attached hydrogens (primary N) is 1. The third-order valence-electron chi connectivity index (χ3n) is 1.86. The van der Waals surface area contributed by atoms with Crippen LogP contribution in [0.1, 0.15) is 0 Å². The first-order valence-electron chi connectivity index (χ1n) is 3.71. The van der Waals surface area contributed by atoms with Crippen LogP contribution in [0.5, 0.6) is 0 Å². The normalized spacial score (nSPS) is 10.6. The lowest BCUT2D eigenvalue weighted by molar-refractivity contribution is -0.382. The number of fused-ring (bicyclic) bond motifs is 1. The van der Waals surface area contributed by atoms with Crippen LogP contribution in [-0.4, -0.2) is 4.92 Å². The van der Waals surface area contributed by atoms with Gasteiger partial charge in [0.15, 0.2) is 0 Å². The molecule has 0 atom stereocenters. The molecule has 2 N–H and O–H groups in total. The molecule has 0 fully saturated rings. The van der Waals surface area contributed by atoms with Gasteiger partial charge in [-0.25, -0.2) is 0 Å². The van der Waals surface area contributed by atoms with E-state index >= 15 is 0 Å². The monoisotopic (exact) mass is 272 g/mol. The number of hydrogen-bond acceptors (Lipinski definition) is 4. The number of nitrogen functional groups attached to an aromatic ring is 1. The first-order chi connectivity index (χ1) is 6.59. The number of benzene rings is 1. The second-order valence-corrected chi connectivity index (χ2v) is 5.16. The molecule has 0 aliphatic heterocycles. The molecule has 0 bridgehead atoms. The average molecular weight is 273 g/mol. The smallest absolute Gasteiger partial charge is 0.287 e. The molecule has 0 amide bonds. The Hall–Kier alpha value is -1.14. The van der Waals surface area contributed by atoms with Crippen molar-refractivity contribution in [2.45, 2.75) is 0 Å². The highest BCUT2D eigenvalue weighted by Gasteiger charge is 2.15. The summed E-state index contributed by atoms with van der Waals surface area (Å²) in [5.41, 5.74) is 6.37. The van der Waals surface area contributed by atoms with Crippen LogP contribution in [0.3, 0.4) is 0 Å². The highest BCUT2D eigenvalue weighted by Crippen LogP contribution is 2.38. The molecule has 72 valence electrons. The van der Waals surface area contributed by atoms with Crippen LogP contribution < -0.4 is 5.73 Å². The fraction of sp³-hybridized carbons (Fsp3) is 0.